The maximum Gasteiger partial charge on any atom is 0.122 e. The molecule has 0 saturated heterocycles. The Balaban J connectivity index is 2.49. The Hall–Kier alpha value is -0.980. The summed E-state index contributed by atoms with van der Waals surface area (Å²) in [5, 5.41) is 10.5. The molecule has 17 heavy (non-hydrogen) atoms. The molecule has 0 heterocycles. The highest BCUT2D eigenvalue weighted by Crippen LogP contribution is 2.43. The van der Waals surface area contributed by atoms with Crippen molar-refractivity contribution in [2.24, 2.45) is 0 Å². The molecule has 0 spiro atoms. The summed E-state index contributed by atoms with van der Waals surface area (Å²) in [5.74, 6) is 1.13. The van der Waals surface area contributed by atoms with Gasteiger partial charge in [-0.15, -0.1) is 0 Å². The number of phenolic OH excluding ortho intramolecular Hbond substituents is 1. The van der Waals surface area contributed by atoms with Gasteiger partial charge in [0.15, 0.2) is 0 Å². The number of hydrogen-bond acceptors (Lipinski definition) is 1. The average Bonchev–Trinajstić information content (AvgIpc) is 2.72. The lowest BCUT2D eigenvalue weighted by Crippen LogP contribution is -2.13. The maximum atomic E-state index is 10.5. The number of aromatic hydroxyl groups is 1. The van der Waals surface area contributed by atoms with Gasteiger partial charge >= 0.3 is 0 Å². The summed E-state index contributed by atoms with van der Waals surface area (Å²) >= 11 is 0. The molecule has 0 atom stereocenters. The van der Waals surface area contributed by atoms with Crippen LogP contribution in [0.2, 0.25) is 0 Å². The van der Waals surface area contributed by atoms with E-state index >= 15 is 0 Å². The van der Waals surface area contributed by atoms with Gasteiger partial charge in [0.25, 0.3) is 0 Å². The molecule has 1 aromatic rings. The Kier molecular flexibility index (Phi) is 3.20. The van der Waals surface area contributed by atoms with Gasteiger partial charge in [0.1, 0.15) is 5.75 Å². The van der Waals surface area contributed by atoms with Crippen molar-refractivity contribution in [1.29, 1.82) is 0 Å². The van der Waals surface area contributed by atoms with Crippen molar-refractivity contribution in [2.75, 3.05) is 0 Å². The fraction of sp³-hybridized carbons (Fsp3) is 0.625. The number of rotatable bonds is 1. The highest BCUT2D eigenvalue weighted by Gasteiger charge is 2.25. The fourth-order valence-corrected chi connectivity index (χ4v) is 2.93. The first-order valence-electron chi connectivity index (χ1n) is 6.73. The molecule has 1 saturated carbocycles. The van der Waals surface area contributed by atoms with E-state index in [-0.39, 0.29) is 5.41 Å². The van der Waals surface area contributed by atoms with E-state index in [2.05, 4.69) is 39.8 Å². The molecule has 1 aliphatic carbocycles. The second-order valence-corrected chi connectivity index (χ2v) is 6.48. The minimum Gasteiger partial charge on any atom is -0.507 e. The summed E-state index contributed by atoms with van der Waals surface area (Å²) in [6.45, 7) is 8.63. The molecule has 0 bridgehead atoms. The Morgan fingerprint density at radius 3 is 2.24 bits per heavy atom. The molecule has 0 aliphatic heterocycles. The van der Waals surface area contributed by atoms with Gasteiger partial charge in [0.2, 0.25) is 0 Å². The highest BCUT2D eigenvalue weighted by molar-refractivity contribution is 5.48. The Labute approximate surface area is 105 Å². The Bertz CT molecular complexity index is 406. The van der Waals surface area contributed by atoms with E-state index in [4.69, 9.17) is 0 Å². The lowest BCUT2D eigenvalue weighted by Gasteiger charge is -2.24. The molecule has 1 fully saturated rings. The predicted octanol–water partition coefficient (Wildman–Crippen LogP) is 4.66. The van der Waals surface area contributed by atoms with Crippen LogP contribution in [0, 0.1) is 6.92 Å². The van der Waals surface area contributed by atoms with Crippen molar-refractivity contribution in [3.8, 4) is 5.75 Å². The van der Waals surface area contributed by atoms with Crippen LogP contribution in [0.15, 0.2) is 12.1 Å². The highest BCUT2D eigenvalue weighted by atomic mass is 16.3. The van der Waals surface area contributed by atoms with Crippen LogP contribution in [-0.2, 0) is 5.41 Å². The van der Waals surface area contributed by atoms with E-state index < -0.39 is 0 Å². The van der Waals surface area contributed by atoms with Crippen LogP contribution in [0.3, 0.4) is 0 Å². The largest absolute Gasteiger partial charge is 0.507 e. The van der Waals surface area contributed by atoms with Crippen molar-refractivity contribution >= 4 is 0 Å². The van der Waals surface area contributed by atoms with E-state index in [1.165, 1.54) is 36.8 Å². The SMILES string of the molecule is Cc1cc(C2CCCC2)c(O)c(C(C)(C)C)c1. The van der Waals surface area contributed by atoms with Crippen LogP contribution in [0.25, 0.3) is 0 Å². The quantitative estimate of drug-likeness (QED) is 0.747. The Morgan fingerprint density at radius 1 is 1.12 bits per heavy atom. The van der Waals surface area contributed by atoms with Crippen LogP contribution in [0.5, 0.6) is 5.75 Å². The third-order valence-electron chi connectivity index (χ3n) is 3.89. The normalized spacial score (nSPS) is 17.6. The van der Waals surface area contributed by atoms with Crippen molar-refractivity contribution in [3.05, 3.63) is 28.8 Å². The van der Waals surface area contributed by atoms with Gasteiger partial charge in [-0.1, -0.05) is 51.3 Å². The molecule has 0 radical (unpaired) electrons. The van der Waals surface area contributed by atoms with Crippen molar-refractivity contribution in [2.45, 2.75) is 64.7 Å². The molecule has 0 aromatic heterocycles. The first-order valence-corrected chi connectivity index (χ1v) is 6.73. The van der Waals surface area contributed by atoms with Crippen LogP contribution >= 0.6 is 0 Å². The molecular weight excluding hydrogens is 208 g/mol. The van der Waals surface area contributed by atoms with Crippen LogP contribution in [-0.4, -0.2) is 5.11 Å². The summed E-state index contributed by atoms with van der Waals surface area (Å²) in [6.07, 6.45) is 5.09. The average molecular weight is 232 g/mol. The number of aryl methyl sites for hydroxylation is 1. The molecular formula is C16H24O. The smallest absolute Gasteiger partial charge is 0.122 e. The summed E-state index contributed by atoms with van der Waals surface area (Å²) in [6, 6.07) is 4.31. The van der Waals surface area contributed by atoms with E-state index in [0.717, 1.165) is 5.56 Å². The molecule has 2 rings (SSSR count). The monoisotopic (exact) mass is 232 g/mol. The fourth-order valence-electron chi connectivity index (χ4n) is 2.93. The molecule has 94 valence electrons. The molecule has 1 aliphatic rings. The van der Waals surface area contributed by atoms with Crippen LogP contribution in [0.4, 0.5) is 0 Å². The van der Waals surface area contributed by atoms with E-state index in [1.807, 2.05) is 0 Å². The van der Waals surface area contributed by atoms with Crippen LogP contribution < -0.4 is 0 Å². The second kappa shape index (κ2) is 4.36. The number of phenols is 1. The number of benzene rings is 1. The van der Waals surface area contributed by atoms with Gasteiger partial charge in [0.05, 0.1) is 0 Å². The third-order valence-corrected chi connectivity index (χ3v) is 3.89. The topological polar surface area (TPSA) is 20.2 Å². The lowest BCUT2D eigenvalue weighted by molar-refractivity contribution is 0.434. The summed E-state index contributed by atoms with van der Waals surface area (Å²) in [5.41, 5.74) is 3.57. The third kappa shape index (κ3) is 2.48. The minimum atomic E-state index is 0.0173. The minimum absolute atomic E-state index is 0.0173. The molecule has 1 aromatic carbocycles. The van der Waals surface area contributed by atoms with Gasteiger partial charge in [-0.2, -0.15) is 0 Å². The van der Waals surface area contributed by atoms with Crippen molar-refractivity contribution < 1.29 is 5.11 Å². The zero-order valence-corrected chi connectivity index (χ0v) is 11.5. The number of hydrogen-bond donors (Lipinski definition) is 1. The van der Waals surface area contributed by atoms with E-state index in [0.29, 0.717) is 11.7 Å². The first-order chi connectivity index (χ1) is 7.89. The zero-order valence-electron chi connectivity index (χ0n) is 11.5. The van der Waals surface area contributed by atoms with Gasteiger partial charge in [-0.25, -0.2) is 0 Å². The van der Waals surface area contributed by atoms with Crippen molar-refractivity contribution in [1.82, 2.24) is 0 Å². The summed E-state index contributed by atoms with van der Waals surface area (Å²) < 4.78 is 0. The second-order valence-electron chi connectivity index (χ2n) is 6.48. The molecule has 1 heteroatoms. The summed E-state index contributed by atoms with van der Waals surface area (Å²) in [7, 11) is 0. The summed E-state index contributed by atoms with van der Waals surface area (Å²) in [4.78, 5) is 0. The standard InChI is InChI=1S/C16H24O/c1-11-9-13(12-7-5-6-8-12)15(17)14(10-11)16(2,3)4/h9-10,12,17H,5-8H2,1-4H3. The molecule has 0 unspecified atom stereocenters. The Morgan fingerprint density at radius 2 is 1.71 bits per heavy atom. The maximum absolute atomic E-state index is 10.5. The molecule has 1 nitrogen and oxygen atoms in total. The van der Waals surface area contributed by atoms with E-state index in [9.17, 15) is 5.11 Å². The van der Waals surface area contributed by atoms with Gasteiger partial charge in [0, 0.05) is 0 Å². The molecule has 0 amide bonds. The van der Waals surface area contributed by atoms with Crippen LogP contribution in [0.1, 0.15) is 69.1 Å². The predicted molar refractivity (Wildman–Crippen MR) is 72.8 cm³/mol. The zero-order chi connectivity index (χ0) is 12.6. The molecule has 1 N–H and O–H groups in total. The van der Waals surface area contributed by atoms with Gasteiger partial charge in [-0.3, -0.25) is 0 Å². The van der Waals surface area contributed by atoms with Gasteiger partial charge < -0.3 is 5.11 Å². The lowest BCUT2D eigenvalue weighted by atomic mass is 9.82. The first kappa shape index (κ1) is 12.5. The van der Waals surface area contributed by atoms with Crippen molar-refractivity contribution in [3.63, 3.8) is 0 Å². The van der Waals surface area contributed by atoms with Gasteiger partial charge in [-0.05, 0) is 42.2 Å². The van der Waals surface area contributed by atoms with E-state index in [1.54, 1.807) is 0 Å².